The Kier molecular flexibility index (Phi) is 0.628. The molecular weight excluding hydrogens is 110 g/mol. The molecule has 0 bridgehead atoms. The highest BCUT2D eigenvalue weighted by atomic mass is 15.2. The van der Waals surface area contributed by atoms with Gasteiger partial charge in [0.2, 0.25) is 0 Å². The van der Waals surface area contributed by atoms with E-state index in [1.165, 1.54) is 18.9 Å². The molecule has 3 aliphatic rings. The van der Waals surface area contributed by atoms with Crippen LogP contribution in [0, 0.1) is 17.8 Å². The van der Waals surface area contributed by atoms with Gasteiger partial charge in [-0.25, -0.2) is 0 Å². The first-order chi connectivity index (χ1) is 4.36. The van der Waals surface area contributed by atoms with Crippen LogP contribution in [-0.4, -0.2) is 24.5 Å². The number of rotatable bonds is 0. The molecular formula is C8H13N. The van der Waals surface area contributed by atoms with Gasteiger partial charge in [0.05, 0.1) is 0 Å². The van der Waals surface area contributed by atoms with Gasteiger partial charge < -0.3 is 4.90 Å². The van der Waals surface area contributed by atoms with Crippen molar-refractivity contribution >= 4 is 0 Å². The predicted octanol–water partition coefficient (Wildman–Crippen LogP) is 0.956. The molecule has 2 aliphatic carbocycles. The van der Waals surface area contributed by atoms with Crippen molar-refractivity contribution < 1.29 is 0 Å². The molecule has 1 aliphatic heterocycles. The summed E-state index contributed by atoms with van der Waals surface area (Å²) in [5.74, 6) is 3.46. The summed E-state index contributed by atoms with van der Waals surface area (Å²) in [5, 5.41) is 0. The molecule has 9 heavy (non-hydrogen) atoms. The van der Waals surface area contributed by atoms with Crippen LogP contribution in [0.2, 0.25) is 0 Å². The molecule has 2 saturated carbocycles. The zero-order valence-electron chi connectivity index (χ0n) is 5.88. The molecule has 0 aromatic rings. The Morgan fingerprint density at radius 1 is 1.22 bits per heavy atom. The van der Waals surface area contributed by atoms with Gasteiger partial charge in [0.1, 0.15) is 0 Å². The molecule has 0 radical (unpaired) electrons. The highest BCUT2D eigenvalue weighted by Crippen LogP contribution is 2.60. The lowest BCUT2D eigenvalue weighted by Crippen LogP contribution is -2.52. The molecule has 0 N–H and O–H groups in total. The molecule has 0 aromatic carbocycles. The van der Waals surface area contributed by atoms with Crippen LogP contribution < -0.4 is 0 Å². The van der Waals surface area contributed by atoms with Crippen molar-refractivity contribution in [2.75, 3.05) is 13.6 Å². The molecule has 50 valence electrons. The largest absolute Gasteiger partial charge is 0.303 e. The van der Waals surface area contributed by atoms with E-state index >= 15 is 0 Å². The quantitative estimate of drug-likeness (QED) is 0.463. The summed E-state index contributed by atoms with van der Waals surface area (Å²) < 4.78 is 0. The minimum absolute atomic E-state index is 1.02. The van der Waals surface area contributed by atoms with Gasteiger partial charge in [-0.2, -0.15) is 0 Å². The third-order valence-corrected chi connectivity index (χ3v) is 3.77. The zero-order chi connectivity index (χ0) is 6.01. The van der Waals surface area contributed by atoms with E-state index in [0.717, 1.165) is 17.9 Å². The Balaban J connectivity index is 1.93. The van der Waals surface area contributed by atoms with Crippen LogP contribution in [-0.2, 0) is 0 Å². The van der Waals surface area contributed by atoms with Crippen molar-refractivity contribution in [3.63, 3.8) is 0 Å². The first kappa shape index (κ1) is 4.73. The van der Waals surface area contributed by atoms with Crippen LogP contribution in [0.15, 0.2) is 0 Å². The van der Waals surface area contributed by atoms with E-state index < -0.39 is 0 Å². The second kappa shape index (κ2) is 1.20. The summed E-state index contributed by atoms with van der Waals surface area (Å²) in [5.41, 5.74) is 0. The molecule has 1 saturated heterocycles. The summed E-state index contributed by atoms with van der Waals surface area (Å²) in [6, 6.07) is 1.02. The lowest BCUT2D eigenvalue weighted by atomic mass is 9.53. The molecule has 4 unspecified atom stereocenters. The van der Waals surface area contributed by atoms with E-state index in [-0.39, 0.29) is 0 Å². The third-order valence-electron chi connectivity index (χ3n) is 3.77. The summed E-state index contributed by atoms with van der Waals surface area (Å²) in [6.45, 7) is 1.41. The van der Waals surface area contributed by atoms with Gasteiger partial charge in [-0.05, 0) is 37.6 Å². The number of hydrogen-bond donors (Lipinski definition) is 0. The lowest BCUT2D eigenvalue weighted by Gasteiger charge is -2.53. The molecule has 0 spiro atoms. The summed E-state index contributed by atoms with van der Waals surface area (Å²) in [6.07, 6.45) is 3.09. The van der Waals surface area contributed by atoms with Gasteiger partial charge >= 0.3 is 0 Å². The van der Waals surface area contributed by atoms with Crippen molar-refractivity contribution in [2.24, 2.45) is 17.8 Å². The molecule has 3 fully saturated rings. The van der Waals surface area contributed by atoms with Gasteiger partial charge in [0, 0.05) is 12.6 Å². The van der Waals surface area contributed by atoms with Gasteiger partial charge in [0.25, 0.3) is 0 Å². The van der Waals surface area contributed by atoms with E-state index in [1.54, 1.807) is 6.42 Å². The van der Waals surface area contributed by atoms with E-state index in [1.807, 2.05) is 0 Å². The maximum absolute atomic E-state index is 2.57. The Hall–Kier alpha value is -0.0400. The zero-order valence-corrected chi connectivity index (χ0v) is 5.88. The van der Waals surface area contributed by atoms with Gasteiger partial charge in [-0.1, -0.05) is 0 Å². The third kappa shape index (κ3) is 0.362. The Morgan fingerprint density at radius 3 is 2.67 bits per heavy atom. The molecule has 0 amide bonds. The molecule has 4 atom stereocenters. The average molecular weight is 123 g/mol. The Morgan fingerprint density at radius 2 is 2.11 bits per heavy atom. The smallest absolute Gasteiger partial charge is 0.0129 e. The standard InChI is InChI=1S/C8H13N/c1-9-4-6-2-5-3-7(9)8(5)6/h5-8H,2-4H2,1H3. The van der Waals surface area contributed by atoms with Crippen molar-refractivity contribution in [1.29, 1.82) is 0 Å². The minimum atomic E-state index is 1.02. The van der Waals surface area contributed by atoms with Crippen molar-refractivity contribution in [2.45, 2.75) is 18.9 Å². The van der Waals surface area contributed by atoms with Crippen molar-refractivity contribution in [1.82, 2.24) is 4.90 Å². The molecule has 3 rings (SSSR count). The van der Waals surface area contributed by atoms with E-state index in [4.69, 9.17) is 0 Å². The van der Waals surface area contributed by atoms with Gasteiger partial charge in [0.15, 0.2) is 0 Å². The topological polar surface area (TPSA) is 3.24 Å². The van der Waals surface area contributed by atoms with Crippen molar-refractivity contribution in [3.05, 3.63) is 0 Å². The summed E-state index contributed by atoms with van der Waals surface area (Å²) in [7, 11) is 2.29. The van der Waals surface area contributed by atoms with Crippen LogP contribution in [0.4, 0.5) is 0 Å². The van der Waals surface area contributed by atoms with Crippen LogP contribution in [0.1, 0.15) is 12.8 Å². The number of likely N-dealkylation sites (tertiary alicyclic amines) is 1. The summed E-state index contributed by atoms with van der Waals surface area (Å²) >= 11 is 0. The SMILES string of the molecule is CN1CC2CC3CC1C32. The predicted molar refractivity (Wildman–Crippen MR) is 36.1 cm³/mol. The highest BCUT2D eigenvalue weighted by molar-refractivity contribution is 5.11. The monoisotopic (exact) mass is 123 g/mol. The second-order valence-electron chi connectivity index (χ2n) is 4.08. The Bertz CT molecular complexity index is 151. The van der Waals surface area contributed by atoms with Crippen LogP contribution in [0.5, 0.6) is 0 Å². The molecule has 1 nitrogen and oxygen atoms in total. The summed E-state index contributed by atoms with van der Waals surface area (Å²) in [4.78, 5) is 2.57. The van der Waals surface area contributed by atoms with Crippen LogP contribution in [0.3, 0.4) is 0 Å². The van der Waals surface area contributed by atoms with Crippen LogP contribution >= 0.6 is 0 Å². The number of nitrogens with zero attached hydrogens (tertiary/aromatic N) is 1. The maximum atomic E-state index is 2.57. The van der Waals surface area contributed by atoms with Gasteiger partial charge in [-0.3, -0.25) is 0 Å². The average Bonchev–Trinajstić information content (AvgIpc) is 2.01. The fraction of sp³-hybridized carbons (Fsp3) is 1.00. The Labute approximate surface area is 56.0 Å². The van der Waals surface area contributed by atoms with E-state index in [2.05, 4.69) is 11.9 Å². The fourth-order valence-corrected chi connectivity index (χ4v) is 3.22. The maximum Gasteiger partial charge on any atom is 0.0129 e. The van der Waals surface area contributed by atoms with E-state index in [0.29, 0.717) is 0 Å². The van der Waals surface area contributed by atoms with Crippen LogP contribution in [0.25, 0.3) is 0 Å². The molecule has 1 heteroatoms. The first-order valence-corrected chi connectivity index (χ1v) is 4.06. The van der Waals surface area contributed by atoms with E-state index in [9.17, 15) is 0 Å². The second-order valence-corrected chi connectivity index (χ2v) is 4.08. The fourth-order valence-electron chi connectivity index (χ4n) is 3.22. The number of hydrogen-bond acceptors (Lipinski definition) is 1. The first-order valence-electron chi connectivity index (χ1n) is 4.06. The highest BCUT2D eigenvalue weighted by Gasteiger charge is 2.59. The van der Waals surface area contributed by atoms with Gasteiger partial charge in [-0.15, -0.1) is 0 Å². The minimum Gasteiger partial charge on any atom is -0.303 e. The molecule has 0 aromatic heterocycles. The molecule has 1 heterocycles. The normalized spacial score (nSPS) is 62.3. The lowest BCUT2D eigenvalue weighted by molar-refractivity contribution is -0.0196. The van der Waals surface area contributed by atoms with Crippen molar-refractivity contribution in [3.8, 4) is 0 Å².